The monoisotopic (exact) mass is 512 g/mol. The first-order chi connectivity index (χ1) is 17.5. The van der Waals surface area contributed by atoms with Crippen LogP contribution in [0.25, 0.3) is 23.3 Å². The maximum absolute atomic E-state index is 12.4. The highest BCUT2D eigenvalue weighted by atomic mass is 35.5. The van der Waals surface area contributed by atoms with Crippen molar-refractivity contribution < 1.29 is 9.59 Å². The van der Waals surface area contributed by atoms with E-state index in [1.54, 1.807) is 12.2 Å². The molecule has 0 aliphatic rings. The Kier molecular flexibility index (Phi) is 8.35. The molecule has 4 aromatic rings. The van der Waals surface area contributed by atoms with Gasteiger partial charge in [-0.15, -0.1) is 0 Å². The number of hydrogen-bond acceptors (Lipinski definition) is 2. The first-order valence-corrected chi connectivity index (χ1v) is 11.9. The van der Waals surface area contributed by atoms with Crippen LogP contribution in [0.1, 0.15) is 11.1 Å². The van der Waals surface area contributed by atoms with E-state index in [0.29, 0.717) is 11.4 Å². The Labute approximate surface area is 219 Å². The first-order valence-electron chi connectivity index (χ1n) is 11.2. The number of rotatable bonds is 7. The quantitative estimate of drug-likeness (QED) is 0.248. The van der Waals surface area contributed by atoms with Crippen molar-refractivity contribution in [3.8, 4) is 11.1 Å². The molecule has 4 rings (SSSR count). The minimum atomic E-state index is -0.381. The maximum atomic E-state index is 12.4. The molecule has 2 amide bonds. The second kappa shape index (κ2) is 12.0. The van der Waals surface area contributed by atoms with Gasteiger partial charge in [0.25, 0.3) is 11.8 Å². The number of nitrogens with one attached hydrogen (secondary N) is 2. The Morgan fingerprint density at radius 3 is 1.17 bits per heavy atom. The summed E-state index contributed by atoms with van der Waals surface area (Å²) < 4.78 is 0. The maximum Gasteiger partial charge on any atom is 0.267 e. The molecular formula is C30H22Cl2N2O2. The van der Waals surface area contributed by atoms with Crippen LogP contribution in [0.5, 0.6) is 0 Å². The first kappa shape index (κ1) is 25.0. The van der Waals surface area contributed by atoms with Crippen LogP contribution in [-0.2, 0) is 9.59 Å². The molecular weight excluding hydrogens is 491 g/mol. The number of amides is 2. The smallest absolute Gasteiger partial charge is 0.267 e. The summed E-state index contributed by atoms with van der Waals surface area (Å²) >= 11 is 12.3. The molecule has 0 unspecified atom stereocenters. The molecule has 4 nitrogen and oxygen atoms in total. The molecule has 0 aliphatic heterocycles. The Bertz CT molecular complexity index is 1290. The summed E-state index contributed by atoms with van der Waals surface area (Å²) in [5, 5.41) is 5.79. The lowest BCUT2D eigenvalue weighted by atomic mass is 10.0. The topological polar surface area (TPSA) is 58.2 Å². The van der Waals surface area contributed by atoms with Crippen LogP contribution in [0.15, 0.2) is 119 Å². The number of benzene rings is 4. The van der Waals surface area contributed by atoms with Gasteiger partial charge in [0.2, 0.25) is 0 Å². The van der Waals surface area contributed by atoms with E-state index in [9.17, 15) is 9.59 Å². The predicted octanol–water partition coefficient (Wildman–Crippen LogP) is 7.79. The van der Waals surface area contributed by atoms with Gasteiger partial charge in [-0.1, -0.05) is 108 Å². The van der Waals surface area contributed by atoms with Crippen molar-refractivity contribution in [3.63, 3.8) is 0 Å². The molecule has 0 aliphatic carbocycles. The molecule has 6 heteroatoms. The Hall–Kier alpha value is -4.12. The molecule has 4 aromatic carbocycles. The highest BCUT2D eigenvalue weighted by molar-refractivity contribution is 6.46. The van der Waals surface area contributed by atoms with E-state index in [4.69, 9.17) is 23.2 Å². The summed E-state index contributed by atoms with van der Waals surface area (Å²) in [5.41, 5.74) is 4.88. The van der Waals surface area contributed by atoms with Gasteiger partial charge in [-0.2, -0.15) is 0 Å². The summed E-state index contributed by atoms with van der Waals surface area (Å²) in [6, 6.07) is 33.6. The molecule has 0 atom stereocenters. The Balaban J connectivity index is 1.36. The standard InChI is InChI=1S/C30H22Cl2N2O2/c31-27(19-21-7-3-1-4-8-21)29(35)33-25-15-11-23(12-16-25)24-13-17-26(18-14-24)34-30(36)28(32)20-22-9-5-2-6-10-22/h1-20H,(H,33,35)(H,34,36)/b27-19-,28-20-. The average Bonchev–Trinajstić information content (AvgIpc) is 2.90. The summed E-state index contributed by atoms with van der Waals surface area (Å²) in [7, 11) is 0. The van der Waals surface area contributed by atoms with E-state index in [-0.39, 0.29) is 21.9 Å². The Morgan fingerprint density at radius 2 is 0.833 bits per heavy atom. The SMILES string of the molecule is O=C(Nc1ccc(-c2ccc(NC(=O)/C(Cl)=C/c3ccccc3)cc2)cc1)/C(Cl)=C/c1ccccc1. The van der Waals surface area contributed by atoms with Crippen molar-refractivity contribution in [3.05, 3.63) is 130 Å². The van der Waals surface area contributed by atoms with Crippen LogP contribution in [0.3, 0.4) is 0 Å². The summed E-state index contributed by atoms with van der Waals surface area (Å²) in [5.74, 6) is -0.762. The summed E-state index contributed by atoms with van der Waals surface area (Å²) in [6.45, 7) is 0. The van der Waals surface area contributed by atoms with E-state index in [2.05, 4.69) is 10.6 Å². The molecule has 0 heterocycles. The largest absolute Gasteiger partial charge is 0.321 e. The van der Waals surface area contributed by atoms with Gasteiger partial charge in [0.05, 0.1) is 0 Å². The molecule has 2 N–H and O–H groups in total. The van der Waals surface area contributed by atoms with Gasteiger partial charge in [-0.3, -0.25) is 9.59 Å². The van der Waals surface area contributed by atoms with Crippen LogP contribution >= 0.6 is 23.2 Å². The highest BCUT2D eigenvalue weighted by Gasteiger charge is 2.09. The van der Waals surface area contributed by atoms with Crippen molar-refractivity contribution in [2.75, 3.05) is 10.6 Å². The lowest BCUT2D eigenvalue weighted by Crippen LogP contribution is -2.11. The fourth-order valence-corrected chi connectivity index (χ4v) is 3.74. The van der Waals surface area contributed by atoms with Gasteiger partial charge >= 0.3 is 0 Å². The van der Waals surface area contributed by atoms with E-state index in [1.807, 2.05) is 109 Å². The molecule has 0 fully saturated rings. The molecule has 0 bridgehead atoms. The molecule has 0 saturated heterocycles. The van der Waals surface area contributed by atoms with Crippen LogP contribution in [0, 0.1) is 0 Å². The van der Waals surface area contributed by atoms with Crippen LogP contribution in [0.4, 0.5) is 11.4 Å². The minimum Gasteiger partial charge on any atom is -0.321 e. The number of hydrogen-bond donors (Lipinski definition) is 2. The van der Waals surface area contributed by atoms with E-state index >= 15 is 0 Å². The fourth-order valence-electron chi connectivity index (χ4n) is 3.40. The summed E-state index contributed by atoms with van der Waals surface area (Å²) in [6.07, 6.45) is 3.24. The molecule has 0 saturated carbocycles. The van der Waals surface area contributed by atoms with Gasteiger partial charge in [0.1, 0.15) is 10.1 Å². The van der Waals surface area contributed by atoms with Gasteiger partial charge in [0.15, 0.2) is 0 Å². The van der Waals surface area contributed by atoms with Crippen molar-refractivity contribution in [1.29, 1.82) is 0 Å². The number of halogens is 2. The lowest BCUT2D eigenvalue weighted by Gasteiger charge is -2.08. The molecule has 0 radical (unpaired) electrons. The van der Waals surface area contributed by atoms with Crippen molar-refractivity contribution >= 4 is 58.5 Å². The minimum absolute atomic E-state index is 0.0987. The van der Waals surface area contributed by atoms with Gasteiger partial charge in [-0.25, -0.2) is 0 Å². The van der Waals surface area contributed by atoms with E-state index in [0.717, 1.165) is 22.3 Å². The highest BCUT2D eigenvalue weighted by Crippen LogP contribution is 2.24. The molecule has 36 heavy (non-hydrogen) atoms. The van der Waals surface area contributed by atoms with Crippen molar-refractivity contribution in [2.45, 2.75) is 0 Å². The number of carbonyl (C=O) groups is 2. The Morgan fingerprint density at radius 1 is 0.500 bits per heavy atom. The van der Waals surface area contributed by atoms with E-state index in [1.165, 1.54) is 0 Å². The zero-order valence-corrected chi connectivity index (χ0v) is 20.6. The van der Waals surface area contributed by atoms with Crippen molar-refractivity contribution in [1.82, 2.24) is 0 Å². The molecule has 0 spiro atoms. The second-order valence-electron chi connectivity index (χ2n) is 7.87. The van der Waals surface area contributed by atoms with Crippen LogP contribution in [0.2, 0.25) is 0 Å². The predicted molar refractivity (Wildman–Crippen MR) is 150 cm³/mol. The third-order valence-electron chi connectivity index (χ3n) is 5.24. The second-order valence-corrected chi connectivity index (χ2v) is 8.68. The zero-order valence-electron chi connectivity index (χ0n) is 19.1. The van der Waals surface area contributed by atoms with Gasteiger partial charge in [0, 0.05) is 11.4 Å². The van der Waals surface area contributed by atoms with E-state index < -0.39 is 0 Å². The lowest BCUT2D eigenvalue weighted by molar-refractivity contribution is -0.113. The molecule has 0 aromatic heterocycles. The molecule has 178 valence electrons. The fraction of sp³-hybridized carbons (Fsp3) is 0. The van der Waals surface area contributed by atoms with Gasteiger partial charge in [-0.05, 0) is 58.7 Å². The summed E-state index contributed by atoms with van der Waals surface area (Å²) in [4.78, 5) is 24.8. The van der Waals surface area contributed by atoms with Crippen molar-refractivity contribution in [2.24, 2.45) is 0 Å². The number of anilines is 2. The van der Waals surface area contributed by atoms with Crippen LogP contribution < -0.4 is 10.6 Å². The average molecular weight is 513 g/mol. The van der Waals surface area contributed by atoms with Gasteiger partial charge < -0.3 is 10.6 Å². The normalized spacial score (nSPS) is 11.6. The third-order valence-corrected chi connectivity index (χ3v) is 5.80. The number of carbonyl (C=O) groups excluding carboxylic acids is 2. The zero-order chi connectivity index (χ0) is 25.3. The third kappa shape index (κ3) is 6.95. The van der Waals surface area contributed by atoms with Crippen LogP contribution in [-0.4, -0.2) is 11.8 Å².